The molecule has 76 valence electrons. The molecule has 1 aromatic carbocycles. The predicted octanol–water partition coefficient (Wildman–Crippen LogP) is 2.52. The minimum atomic E-state index is -0.0400. The molecule has 0 radical (unpaired) electrons. The van der Waals surface area contributed by atoms with Crippen molar-refractivity contribution < 1.29 is 4.39 Å². The number of hydrogen-bond acceptors (Lipinski definition) is 1. The monoisotopic (exact) mass is 193 g/mol. The highest BCUT2D eigenvalue weighted by Crippen LogP contribution is 2.26. The lowest BCUT2D eigenvalue weighted by atomic mass is 9.94. The number of hydrogen-bond donors (Lipinski definition) is 1. The van der Waals surface area contributed by atoms with Gasteiger partial charge in [0.15, 0.2) is 0 Å². The van der Waals surface area contributed by atoms with Crippen LogP contribution in [-0.2, 0) is 0 Å². The van der Waals surface area contributed by atoms with E-state index in [0.717, 1.165) is 30.6 Å². The van der Waals surface area contributed by atoms with Crippen molar-refractivity contribution in [1.82, 2.24) is 5.32 Å². The van der Waals surface area contributed by atoms with Gasteiger partial charge in [-0.1, -0.05) is 6.07 Å². The van der Waals surface area contributed by atoms with Crippen LogP contribution >= 0.6 is 0 Å². The maximum Gasteiger partial charge on any atom is 0.127 e. The van der Waals surface area contributed by atoms with Crippen LogP contribution in [0.15, 0.2) is 12.1 Å². The fourth-order valence-corrected chi connectivity index (χ4v) is 2.04. The van der Waals surface area contributed by atoms with Crippen molar-refractivity contribution in [1.29, 1.82) is 0 Å². The van der Waals surface area contributed by atoms with E-state index < -0.39 is 0 Å². The molecule has 1 saturated heterocycles. The van der Waals surface area contributed by atoms with Crippen LogP contribution in [0.4, 0.5) is 4.39 Å². The summed E-state index contributed by atoms with van der Waals surface area (Å²) in [4.78, 5) is 0. The van der Waals surface area contributed by atoms with E-state index in [1.165, 1.54) is 5.56 Å². The molecule has 1 aliphatic heterocycles. The molecule has 1 N–H and O–H groups in total. The molecular formula is C12H16FN. The molecule has 1 nitrogen and oxygen atoms in total. The Hall–Kier alpha value is -0.890. The summed E-state index contributed by atoms with van der Waals surface area (Å²) in [5, 5.41) is 3.27. The summed E-state index contributed by atoms with van der Waals surface area (Å²) in [6, 6.07) is 3.66. The number of nitrogens with one attached hydrogen (secondary N) is 1. The molecule has 14 heavy (non-hydrogen) atoms. The van der Waals surface area contributed by atoms with Crippen molar-refractivity contribution in [2.24, 2.45) is 0 Å². The van der Waals surface area contributed by atoms with Gasteiger partial charge in [-0.25, -0.2) is 4.39 Å². The van der Waals surface area contributed by atoms with Crippen LogP contribution in [-0.4, -0.2) is 13.1 Å². The lowest BCUT2D eigenvalue weighted by molar-refractivity contribution is 0.586. The average Bonchev–Trinajstić information content (AvgIpc) is 2.64. The van der Waals surface area contributed by atoms with Crippen molar-refractivity contribution in [2.75, 3.05) is 13.1 Å². The van der Waals surface area contributed by atoms with E-state index in [1.807, 2.05) is 19.9 Å². The van der Waals surface area contributed by atoms with E-state index >= 15 is 0 Å². The molecule has 1 aromatic rings. The van der Waals surface area contributed by atoms with Crippen LogP contribution in [0.25, 0.3) is 0 Å². The predicted molar refractivity (Wildman–Crippen MR) is 56.1 cm³/mol. The van der Waals surface area contributed by atoms with E-state index in [9.17, 15) is 4.39 Å². The first-order valence-electron chi connectivity index (χ1n) is 5.16. The van der Waals surface area contributed by atoms with Crippen LogP contribution < -0.4 is 5.32 Å². The summed E-state index contributed by atoms with van der Waals surface area (Å²) in [6.07, 6.45) is 1.05. The number of halogens is 1. The molecule has 2 heteroatoms. The first kappa shape index (κ1) is 9.66. The van der Waals surface area contributed by atoms with Gasteiger partial charge in [-0.2, -0.15) is 0 Å². The van der Waals surface area contributed by atoms with Crippen molar-refractivity contribution in [2.45, 2.75) is 26.2 Å². The molecule has 1 unspecified atom stereocenters. The molecule has 1 atom stereocenters. The van der Waals surface area contributed by atoms with E-state index in [2.05, 4.69) is 5.32 Å². The second-order valence-corrected chi connectivity index (χ2v) is 4.15. The highest BCUT2D eigenvalue weighted by atomic mass is 19.1. The molecular weight excluding hydrogens is 177 g/mol. The van der Waals surface area contributed by atoms with Gasteiger partial charge in [0, 0.05) is 12.5 Å². The Kier molecular flexibility index (Phi) is 2.55. The third-order valence-corrected chi connectivity index (χ3v) is 3.11. The summed E-state index contributed by atoms with van der Waals surface area (Å²) in [5.74, 6) is 0.330. The lowest BCUT2D eigenvalue weighted by Crippen LogP contribution is -2.09. The summed E-state index contributed by atoms with van der Waals surface area (Å²) in [7, 11) is 0. The Morgan fingerprint density at radius 1 is 1.29 bits per heavy atom. The molecule has 1 aliphatic rings. The Balaban J connectivity index is 2.37. The van der Waals surface area contributed by atoms with Crippen LogP contribution in [0.1, 0.15) is 29.0 Å². The highest BCUT2D eigenvalue weighted by Gasteiger charge is 2.20. The average molecular weight is 193 g/mol. The second kappa shape index (κ2) is 3.70. The molecule has 0 spiro atoms. The zero-order chi connectivity index (χ0) is 10.1. The van der Waals surface area contributed by atoms with Crippen molar-refractivity contribution in [3.05, 3.63) is 34.6 Å². The largest absolute Gasteiger partial charge is 0.316 e. The molecule has 2 rings (SSSR count). The summed E-state index contributed by atoms with van der Waals surface area (Å²) < 4.78 is 13.7. The lowest BCUT2D eigenvalue weighted by Gasteiger charge is -2.12. The molecule has 0 aliphatic carbocycles. The first-order chi connectivity index (χ1) is 6.68. The van der Waals surface area contributed by atoms with Gasteiger partial charge in [-0.3, -0.25) is 0 Å². The van der Waals surface area contributed by atoms with Gasteiger partial charge < -0.3 is 5.32 Å². The first-order valence-corrected chi connectivity index (χ1v) is 5.16. The van der Waals surface area contributed by atoms with Crippen molar-refractivity contribution in [3.8, 4) is 0 Å². The third kappa shape index (κ3) is 1.67. The van der Waals surface area contributed by atoms with Gasteiger partial charge in [0.2, 0.25) is 0 Å². The summed E-state index contributed by atoms with van der Waals surface area (Å²) >= 11 is 0. The normalized spacial score (nSPS) is 21.5. The highest BCUT2D eigenvalue weighted by molar-refractivity contribution is 5.34. The van der Waals surface area contributed by atoms with Crippen LogP contribution in [0.2, 0.25) is 0 Å². The summed E-state index contributed by atoms with van der Waals surface area (Å²) in [6.45, 7) is 5.92. The Labute approximate surface area is 84.3 Å². The fraction of sp³-hybridized carbons (Fsp3) is 0.500. The van der Waals surface area contributed by atoms with Crippen molar-refractivity contribution in [3.63, 3.8) is 0 Å². The van der Waals surface area contributed by atoms with Crippen LogP contribution in [0.3, 0.4) is 0 Å². The Morgan fingerprint density at radius 3 is 2.64 bits per heavy atom. The van der Waals surface area contributed by atoms with Gasteiger partial charge in [0.05, 0.1) is 0 Å². The van der Waals surface area contributed by atoms with E-state index in [-0.39, 0.29) is 5.82 Å². The quantitative estimate of drug-likeness (QED) is 0.722. The van der Waals surface area contributed by atoms with Gasteiger partial charge in [-0.05, 0) is 49.6 Å². The molecule has 0 aromatic heterocycles. The smallest absolute Gasteiger partial charge is 0.127 e. The van der Waals surface area contributed by atoms with Gasteiger partial charge in [-0.15, -0.1) is 0 Å². The Morgan fingerprint density at radius 2 is 2.00 bits per heavy atom. The third-order valence-electron chi connectivity index (χ3n) is 3.11. The molecule has 0 bridgehead atoms. The number of benzene rings is 1. The standard InChI is InChI=1S/C12H16FN/c1-8-5-11(10-3-4-14-7-10)12(13)6-9(8)2/h5-6,10,14H,3-4,7H2,1-2H3. The van der Waals surface area contributed by atoms with Crippen molar-refractivity contribution >= 4 is 0 Å². The van der Waals surface area contributed by atoms with E-state index in [1.54, 1.807) is 6.07 Å². The van der Waals surface area contributed by atoms with Gasteiger partial charge in [0.1, 0.15) is 5.82 Å². The van der Waals surface area contributed by atoms with E-state index in [0.29, 0.717) is 5.92 Å². The number of aryl methyl sites for hydroxylation is 2. The minimum absolute atomic E-state index is 0.0400. The molecule has 1 fully saturated rings. The maximum atomic E-state index is 13.7. The molecule has 0 saturated carbocycles. The molecule has 0 amide bonds. The zero-order valence-corrected chi connectivity index (χ0v) is 8.73. The zero-order valence-electron chi connectivity index (χ0n) is 8.73. The number of rotatable bonds is 1. The van der Waals surface area contributed by atoms with Gasteiger partial charge in [0.25, 0.3) is 0 Å². The minimum Gasteiger partial charge on any atom is -0.316 e. The molecule has 1 heterocycles. The topological polar surface area (TPSA) is 12.0 Å². The van der Waals surface area contributed by atoms with Crippen LogP contribution in [0.5, 0.6) is 0 Å². The summed E-state index contributed by atoms with van der Waals surface area (Å²) in [5.41, 5.74) is 3.11. The van der Waals surface area contributed by atoms with Gasteiger partial charge >= 0.3 is 0 Å². The van der Waals surface area contributed by atoms with E-state index in [4.69, 9.17) is 0 Å². The van der Waals surface area contributed by atoms with Crippen LogP contribution in [0, 0.1) is 19.7 Å². The Bertz CT molecular complexity index is 340. The second-order valence-electron chi connectivity index (χ2n) is 4.15. The SMILES string of the molecule is Cc1cc(F)c(C2CCNC2)cc1C. The maximum absolute atomic E-state index is 13.7. The fourth-order valence-electron chi connectivity index (χ4n) is 2.04.